The standard InChI is InChI=1S/C22H27N3O2/c1-15(2)25-19-11-6-5-10-18(19)24-20(25)12-13-23-21(26)14-27-22-16(3)8-7-9-17(22)4/h5-11,15H,12-14H2,1-4H3,(H,23,26). The van der Waals surface area contributed by atoms with Crippen LogP contribution < -0.4 is 10.1 Å². The van der Waals surface area contributed by atoms with Crippen LogP contribution in [0.3, 0.4) is 0 Å². The van der Waals surface area contributed by atoms with Crippen molar-refractivity contribution in [2.24, 2.45) is 0 Å². The molecule has 1 N–H and O–H groups in total. The minimum Gasteiger partial charge on any atom is -0.483 e. The van der Waals surface area contributed by atoms with Gasteiger partial charge in [-0.3, -0.25) is 4.79 Å². The summed E-state index contributed by atoms with van der Waals surface area (Å²) in [5.74, 6) is 1.65. The number of hydrogen-bond donors (Lipinski definition) is 1. The first kappa shape index (κ1) is 19.0. The highest BCUT2D eigenvalue weighted by Crippen LogP contribution is 2.22. The minimum absolute atomic E-state index is 0.0201. The number of amides is 1. The largest absolute Gasteiger partial charge is 0.483 e. The van der Waals surface area contributed by atoms with Crippen molar-refractivity contribution < 1.29 is 9.53 Å². The van der Waals surface area contributed by atoms with Gasteiger partial charge in [-0.2, -0.15) is 0 Å². The Labute approximate surface area is 160 Å². The SMILES string of the molecule is Cc1cccc(C)c1OCC(=O)NCCc1nc2ccccc2n1C(C)C. The van der Waals surface area contributed by atoms with Crippen LogP contribution in [-0.2, 0) is 11.2 Å². The maximum Gasteiger partial charge on any atom is 0.257 e. The summed E-state index contributed by atoms with van der Waals surface area (Å²) in [6.45, 7) is 8.81. The van der Waals surface area contributed by atoms with Crippen LogP contribution in [0.25, 0.3) is 11.0 Å². The molecule has 142 valence electrons. The zero-order chi connectivity index (χ0) is 19.4. The van der Waals surface area contributed by atoms with Gasteiger partial charge in [0.1, 0.15) is 11.6 Å². The molecule has 3 aromatic rings. The normalized spacial score (nSPS) is 11.1. The van der Waals surface area contributed by atoms with Crippen molar-refractivity contribution in [3.05, 3.63) is 59.4 Å². The van der Waals surface area contributed by atoms with Gasteiger partial charge in [0.15, 0.2) is 6.61 Å². The Balaban J connectivity index is 1.58. The molecule has 0 radical (unpaired) electrons. The van der Waals surface area contributed by atoms with E-state index in [1.54, 1.807) is 0 Å². The number of fused-ring (bicyclic) bond motifs is 1. The number of aromatic nitrogens is 2. The van der Waals surface area contributed by atoms with Crippen LogP contribution in [0.2, 0.25) is 0 Å². The predicted molar refractivity (Wildman–Crippen MR) is 108 cm³/mol. The average molecular weight is 365 g/mol. The quantitative estimate of drug-likeness (QED) is 0.689. The lowest BCUT2D eigenvalue weighted by Crippen LogP contribution is -2.31. The van der Waals surface area contributed by atoms with Gasteiger partial charge < -0.3 is 14.6 Å². The highest BCUT2D eigenvalue weighted by Gasteiger charge is 2.13. The fourth-order valence-corrected chi connectivity index (χ4v) is 3.38. The number of imidazole rings is 1. The molecular formula is C22H27N3O2. The number of nitrogens with one attached hydrogen (secondary N) is 1. The van der Waals surface area contributed by atoms with Crippen molar-refractivity contribution in [1.82, 2.24) is 14.9 Å². The third-order valence-electron chi connectivity index (χ3n) is 4.61. The summed E-state index contributed by atoms with van der Waals surface area (Å²) in [6, 6.07) is 14.4. The van der Waals surface area contributed by atoms with Crippen LogP contribution in [0.15, 0.2) is 42.5 Å². The fourth-order valence-electron chi connectivity index (χ4n) is 3.38. The minimum atomic E-state index is -0.120. The lowest BCUT2D eigenvalue weighted by molar-refractivity contribution is -0.123. The Kier molecular flexibility index (Phi) is 5.79. The Morgan fingerprint density at radius 1 is 1.11 bits per heavy atom. The first-order valence-corrected chi connectivity index (χ1v) is 9.39. The Morgan fingerprint density at radius 3 is 2.52 bits per heavy atom. The summed E-state index contributed by atoms with van der Waals surface area (Å²) < 4.78 is 7.94. The number of aryl methyl sites for hydroxylation is 2. The molecule has 3 rings (SSSR count). The molecule has 0 bridgehead atoms. The lowest BCUT2D eigenvalue weighted by Gasteiger charge is -2.14. The molecule has 0 saturated heterocycles. The summed E-state index contributed by atoms with van der Waals surface area (Å²) in [5, 5.41) is 2.93. The molecule has 0 atom stereocenters. The maximum atomic E-state index is 12.2. The van der Waals surface area contributed by atoms with Crippen molar-refractivity contribution in [2.75, 3.05) is 13.2 Å². The molecule has 0 spiro atoms. The number of hydrogen-bond acceptors (Lipinski definition) is 3. The summed E-state index contributed by atoms with van der Waals surface area (Å²) in [4.78, 5) is 16.9. The Morgan fingerprint density at radius 2 is 1.81 bits per heavy atom. The Bertz CT molecular complexity index is 924. The van der Waals surface area contributed by atoms with Gasteiger partial charge in [-0.05, 0) is 51.0 Å². The molecule has 5 heteroatoms. The molecular weight excluding hydrogens is 338 g/mol. The Hall–Kier alpha value is -2.82. The van der Waals surface area contributed by atoms with Gasteiger partial charge in [0.25, 0.3) is 5.91 Å². The van der Waals surface area contributed by atoms with E-state index in [2.05, 4.69) is 29.8 Å². The van der Waals surface area contributed by atoms with Gasteiger partial charge in [0.2, 0.25) is 0 Å². The third-order valence-corrected chi connectivity index (χ3v) is 4.61. The molecule has 0 aliphatic rings. The first-order valence-electron chi connectivity index (χ1n) is 9.39. The number of carbonyl (C=O) groups excluding carboxylic acids is 1. The predicted octanol–water partition coefficient (Wildman–Crippen LogP) is 3.97. The maximum absolute atomic E-state index is 12.2. The zero-order valence-corrected chi connectivity index (χ0v) is 16.5. The van der Waals surface area contributed by atoms with E-state index in [1.165, 1.54) is 0 Å². The van der Waals surface area contributed by atoms with E-state index in [4.69, 9.17) is 9.72 Å². The molecule has 27 heavy (non-hydrogen) atoms. The zero-order valence-electron chi connectivity index (χ0n) is 16.5. The third kappa shape index (κ3) is 4.30. The second kappa shape index (κ2) is 8.25. The summed E-state index contributed by atoms with van der Waals surface area (Å²) in [5.41, 5.74) is 4.19. The van der Waals surface area contributed by atoms with Crippen LogP contribution in [0.1, 0.15) is 36.8 Å². The topological polar surface area (TPSA) is 56.1 Å². The molecule has 0 saturated carbocycles. The van der Waals surface area contributed by atoms with E-state index >= 15 is 0 Å². The van der Waals surface area contributed by atoms with Crippen molar-refractivity contribution in [3.63, 3.8) is 0 Å². The van der Waals surface area contributed by atoms with E-state index in [1.807, 2.05) is 50.2 Å². The highest BCUT2D eigenvalue weighted by molar-refractivity contribution is 5.78. The first-order chi connectivity index (χ1) is 13.0. The van der Waals surface area contributed by atoms with E-state index < -0.39 is 0 Å². The number of rotatable bonds is 7. The van der Waals surface area contributed by atoms with E-state index in [0.717, 1.165) is 33.7 Å². The van der Waals surface area contributed by atoms with E-state index in [9.17, 15) is 4.79 Å². The number of carbonyl (C=O) groups is 1. The molecule has 0 fully saturated rings. The van der Waals surface area contributed by atoms with Crippen LogP contribution in [0.5, 0.6) is 5.75 Å². The monoisotopic (exact) mass is 365 g/mol. The van der Waals surface area contributed by atoms with E-state index in [0.29, 0.717) is 19.0 Å². The fraction of sp³-hybridized carbons (Fsp3) is 0.364. The number of nitrogens with zero attached hydrogens (tertiary/aromatic N) is 2. The van der Waals surface area contributed by atoms with Gasteiger partial charge in [-0.25, -0.2) is 4.98 Å². The lowest BCUT2D eigenvalue weighted by atomic mass is 10.1. The van der Waals surface area contributed by atoms with Crippen molar-refractivity contribution in [1.29, 1.82) is 0 Å². The molecule has 0 aliphatic heterocycles. The van der Waals surface area contributed by atoms with Crippen LogP contribution in [-0.4, -0.2) is 28.6 Å². The highest BCUT2D eigenvalue weighted by atomic mass is 16.5. The summed E-state index contributed by atoms with van der Waals surface area (Å²) in [7, 11) is 0. The van der Waals surface area contributed by atoms with Gasteiger partial charge >= 0.3 is 0 Å². The van der Waals surface area contributed by atoms with Gasteiger partial charge in [-0.1, -0.05) is 30.3 Å². The molecule has 5 nitrogen and oxygen atoms in total. The summed E-state index contributed by atoms with van der Waals surface area (Å²) in [6.07, 6.45) is 0.683. The van der Waals surface area contributed by atoms with Crippen molar-refractivity contribution in [3.8, 4) is 5.75 Å². The number of para-hydroxylation sites is 3. The average Bonchev–Trinajstić information content (AvgIpc) is 2.99. The second-order valence-corrected chi connectivity index (χ2v) is 7.09. The molecule has 0 unspecified atom stereocenters. The van der Waals surface area contributed by atoms with Gasteiger partial charge in [0.05, 0.1) is 11.0 Å². The smallest absolute Gasteiger partial charge is 0.257 e. The van der Waals surface area contributed by atoms with Crippen LogP contribution in [0.4, 0.5) is 0 Å². The van der Waals surface area contributed by atoms with Crippen molar-refractivity contribution >= 4 is 16.9 Å². The molecule has 2 aromatic carbocycles. The molecule has 0 aliphatic carbocycles. The molecule has 1 heterocycles. The van der Waals surface area contributed by atoms with Crippen molar-refractivity contribution in [2.45, 2.75) is 40.2 Å². The van der Waals surface area contributed by atoms with Crippen LogP contribution in [0, 0.1) is 13.8 Å². The molecule has 1 aromatic heterocycles. The number of benzene rings is 2. The second-order valence-electron chi connectivity index (χ2n) is 7.09. The van der Waals surface area contributed by atoms with E-state index in [-0.39, 0.29) is 12.5 Å². The molecule has 1 amide bonds. The van der Waals surface area contributed by atoms with Gasteiger partial charge in [-0.15, -0.1) is 0 Å². The van der Waals surface area contributed by atoms with Gasteiger partial charge in [0, 0.05) is 19.0 Å². The summed E-state index contributed by atoms with van der Waals surface area (Å²) >= 11 is 0. The number of ether oxygens (including phenoxy) is 1. The van der Waals surface area contributed by atoms with Crippen LogP contribution >= 0.6 is 0 Å².